The molecule has 0 unspecified atom stereocenters. The van der Waals surface area contributed by atoms with Crippen LogP contribution in [-0.4, -0.2) is 209 Å². The SMILES string of the molecule is COc1cccc(C(=O)NCc2ccc(S(=O)(=O)N3CCC(Nc4ccccc4O)CC3)s2)c1.COc1cccc(C(=O)NCc2ccc(S(=O)(=O)N3CCC(Nc4ncccc4N)CC3)s2)c1.COc1cccc(C(=O)NCc2ccc(S(=O)(=O)N3CCC(Nc4ncccc4[N+](=O)[O-])CC3)s2)c1.COc1cccc(C(=O)NCc2ccc(S(=O)(=O)N3CCC(Nc4ncccn4)CC3)s2)c1. The smallest absolute Gasteiger partial charge is 0.311 e. The molecule has 4 amide bonds. The molecule has 0 bridgehead atoms. The van der Waals surface area contributed by atoms with E-state index in [1.54, 1.807) is 215 Å². The molecule has 45 heteroatoms. The number of pyridine rings is 2. The third-order valence-corrected chi connectivity index (χ3v) is 36.2. The number of aromatic nitrogens is 4. The van der Waals surface area contributed by atoms with Crippen molar-refractivity contribution in [3.63, 3.8) is 0 Å². The summed E-state index contributed by atoms with van der Waals surface area (Å²) in [7, 11) is -8.30. The Morgan fingerprint density at radius 1 is 0.380 bits per heavy atom. The molecule has 7 aromatic heterocycles. The van der Waals surface area contributed by atoms with Crippen LogP contribution in [0.1, 0.15) is 112 Å². The van der Waals surface area contributed by atoms with E-state index in [-0.39, 0.29) is 121 Å². The number of phenolic OH excluding ortho intramolecular Hbond substituents is 1. The van der Waals surface area contributed by atoms with Crippen molar-refractivity contribution in [2.45, 2.75) is 119 Å². The summed E-state index contributed by atoms with van der Waals surface area (Å²) in [5.41, 5.74) is 8.94. The Hall–Kier alpha value is -12.8. The standard InChI is InChI=1S/C24H27N3O5S2.C23H25N5O6S2.C23H27N5O4S2.C22H25N5O4S2/c1-32-19-6-4-5-17(15-19)24(29)25-16-20-9-10-23(33-20)34(30,31)27-13-11-18(12-14-27)26-21-7-2-3-8-22(21)28;1-34-18-5-2-4-16(14-18)23(29)25-15-19-7-8-21(35-19)36(32,33)27-12-9-17(10-13-27)26-22-20(28(30)31)6-3-11-24-22;1-32-18-5-2-4-16(14-18)23(29)26-15-19-7-8-21(33-19)34(30,31)28-12-9-17(10-13-28)27-22-20(24)6-3-11-25-22;1-31-18-5-2-4-16(14-18)21(28)25-15-19-6-7-20(32-19)33(29,30)27-12-8-17(9-13-27)26-22-23-10-3-11-24-22/h2-10,15,18,26,28H,11-14,16H2,1H3,(H,25,29);2-8,11,14,17H,9-10,12-13,15H2,1H3,(H,24,26)(H,25,29);2-8,11,14,17H,9-10,12-13,15,24H2,1H3,(H,25,27)(H,26,29);2-7,10-11,14,17H,8-9,12-13,15H2,1H3,(H,25,28)(H,23,24,26). The highest BCUT2D eigenvalue weighted by atomic mass is 32.3. The quantitative estimate of drug-likeness (QED) is 0.0104. The molecule has 0 aliphatic carbocycles. The fraction of sp³-hybridized carbons (Fsp3) is 0.304. The minimum Gasteiger partial charge on any atom is -0.506 e. The van der Waals surface area contributed by atoms with Crippen LogP contribution in [0.15, 0.2) is 242 Å². The van der Waals surface area contributed by atoms with Crippen molar-refractivity contribution in [2.24, 2.45) is 0 Å². The Bertz CT molecular complexity index is 6430. The van der Waals surface area contributed by atoms with Gasteiger partial charge in [-0.1, -0.05) is 36.4 Å². The number of sulfonamides is 4. The molecule has 4 fully saturated rings. The molecular weight excluding hydrogens is 1920 g/mol. The molecule has 0 atom stereocenters. The van der Waals surface area contributed by atoms with Crippen LogP contribution in [0, 0.1) is 10.1 Å². The zero-order valence-electron chi connectivity index (χ0n) is 75.0. The molecule has 137 heavy (non-hydrogen) atoms. The number of nitrogens with one attached hydrogen (secondary N) is 8. The zero-order valence-corrected chi connectivity index (χ0v) is 81.5. The lowest BCUT2D eigenvalue weighted by molar-refractivity contribution is -0.384. The number of amides is 4. The van der Waals surface area contributed by atoms with Crippen molar-refractivity contribution in [3.05, 3.63) is 277 Å². The summed E-state index contributed by atoms with van der Waals surface area (Å²) >= 11 is 4.63. The van der Waals surface area contributed by atoms with Gasteiger partial charge in [0.15, 0.2) is 0 Å². The molecule has 0 radical (unpaired) electrons. The van der Waals surface area contributed by atoms with E-state index < -0.39 is 45.0 Å². The first-order chi connectivity index (χ1) is 66.0. The van der Waals surface area contributed by atoms with Crippen molar-refractivity contribution < 1.29 is 81.8 Å². The van der Waals surface area contributed by atoms with Crippen LogP contribution in [-0.2, 0) is 66.3 Å². The molecular formula is C92H104N18O19S8. The van der Waals surface area contributed by atoms with Gasteiger partial charge in [0.05, 0.1) is 70.9 Å². The highest BCUT2D eigenvalue weighted by molar-refractivity contribution is 7.92. The molecule has 4 aliphatic heterocycles. The van der Waals surface area contributed by atoms with E-state index in [4.69, 9.17) is 24.7 Å². The first-order valence-corrected chi connectivity index (χ1v) is 52.4. The predicted octanol–water partition coefficient (Wildman–Crippen LogP) is 12.6. The van der Waals surface area contributed by atoms with Gasteiger partial charge in [-0.05, 0) is 209 Å². The van der Waals surface area contributed by atoms with Crippen LogP contribution < -0.4 is 67.2 Å². The second-order valence-corrected chi connectivity index (χ2v) is 44.8. The maximum absolute atomic E-state index is 13.2. The number of carbonyl (C=O) groups excluding carboxylic acids is 4. The zero-order chi connectivity index (χ0) is 97.2. The van der Waals surface area contributed by atoms with Gasteiger partial charge in [0, 0.05) is 149 Å². The molecule has 724 valence electrons. The van der Waals surface area contributed by atoms with E-state index in [0.29, 0.717) is 164 Å². The number of nitrogen functional groups attached to an aromatic ring is 1. The van der Waals surface area contributed by atoms with Gasteiger partial charge >= 0.3 is 5.69 Å². The molecule has 4 saturated heterocycles. The molecule has 16 rings (SSSR count). The van der Waals surface area contributed by atoms with Gasteiger partial charge in [0.1, 0.15) is 51.4 Å². The van der Waals surface area contributed by atoms with Crippen LogP contribution in [0.5, 0.6) is 28.7 Å². The summed E-state index contributed by atoms with van der Waals surface area (Å²) in [5.74, 6) is 2.88. The maximum Gasteiger partial charge on any atom is 0.311 e. The second-order valence-electron chi connectivity index (χ2n) is 31.5. The number of anilines is 5. The third kappa shape index (κ3) is 27.6. The van der Waals surface area contributed by atoms with Crippen LogP contribution >= 0.6 is 45.3 Å². The number of phenols is 1. The molecule has 11 N–H and O–H groups in total. The van der Waals surface area contributed by atoms with Crippen LogP contribution in [0.4, 0.5) is 34.6 Å². The van der Waals surface area contributed by atoms with E-state index in [1.165, 1.54) is 83.8 Å². The van der Waals surface area contributed by atoms with Gasteiger partial charge in [0.25, 0.3) is 63.7 Å². The summed E-state index contributed by atoms with van der Waals surface area (Å²) in [6.07, 6.45) is 11.4. The van der Waals surface area contributed by atoms with Crippen molar-refractivity contribution in [1.82, 2.24) is 58.4 Å². The lowest BCUT2D eigenvalue weighted by Crippen LogP contribution is -2.42. The summed E-state index contributed by atoms with van der Waals surface area (Å²) < 4.78 is 133. The summed E-state index contributed by atoms with van der Waals surface area (Å²) in [6, 6.07) is 56.0. The lowest BCUT2D eigenvalue weighted by atomic mass is 10.1. The fourth-order valence-corrected chi connectivity index (χ4v) is 26.6. The third-order valence-electron chi connectivity index (χ3n) is 22.4. The van der Waals surface area contributed by atoms with Crippen LogP contribution in [0.3, 0.4) is 0 Å². The van der Waals surface area contributed by atoms with Crippen molar-refractivity contribution in [3.8, 4) is 28.7 Å². The van der Waals surface area contributed by atoms with E-state index in [0.717, 1.165) is 26.0 Å². The Morgan fingerprint density at radius 3 is 1.00 bits per heavy atom. The van der Waals surface area contributed by atoms with Gasteiger partial charge in [-0.15, -0.1) is 45.3 Å². The number of thiophene rings is 4. The average Bonchev–Trinajstić information content (AvgIpc) is 1.75. The molecule has 37 nitrogen and oxygen atoms in total. The van der Waals surface area contributed by atoms with E-state index >= 15 is 0 Å². The average molecular weight is 2020 g/mol. The maximum atomic E-state index is 13.2. The number of carbonyl (C=O) groups is 4. The van der Waals surface area contributed by atoms with E-state index in [9.17, 15) is 68.1 Å². The molecule has 5 aromatic carbocycles. The number of nitrogens with zero attached hydrogens (tertiary/aromatic N) is 9. The van der Waals surface area contributed by atoms with E-state index in [1.807, 2.05) is 6.07 Å². The number of rotatable bonds is 33. The second kappa shape index (κ2) is 47.8. The van der Waals surface area contributed by atoms with Gasteiger partial charge in [0.2, 0.25) is 11.8 Å². The molecule has 0 spiro atoms. The lowest BCUT2D eigenvalue weighted by Gasteiger charge is -2.31. The number of hydrogen-bond donors (Lipinski definition) is 10. The minimum absolute atomic E-state index is 0.0884. The van der Waals surface area contributed by atoms with Gasteiger partial charge in [-0.2, -0.15) is 17.2 Å². The summed E-state index contributed by atoms with van der Waals surface area (Å²) in [4.78, 5) is 80.0. The highest BCUT2D eigenvalue weighted by Crippen LogP contribution is 2.36. The number of hydrogen-bond acceptors (Lipinski definition) is 32. The van der Waals surface area contributed by atoms with Gasteiger partial charge in [-0.3, -0.25) is 29.3 Å². The van der Waals surface area contributed by atoms with Gasteiger partial charge in [-0.25, -0.2) is 53.6 Å². The van der Waals surface area contributed by atoms with Crippen LogP contribution in [0.25, 0.3) is 0 Å². The summed E-state index contributed by atoms with van der Waals surface area (Å²) in [6.45, 7) is 3.95. The monoisotopic (exact) mass is 2020 g/mol. The Morgan fingerprint density at radius 2 is 0.679 bits per heavy atom. The molecule has 0 saturated carbocycles. The van der Waals surface area contributed by atoms with Gasteiger partial charge < -0.3 is 72.3 Å². The topological polar surface area (TPSA) is 492 Å². The molecule has 4 aliphatic rings. The number of ether oxygens (including phenoxy) is 4. The number of aromatic hydroxyl groups is 1. The number of piperidine rings is 4. The predicted molar refractivity (Wildman–Crippen MR) is 525 cm³/mol. The highest BCUT2D eigenvalue weighted by Gasteiger charge is 2.37. The number of benzene rings is 5. The Kier molecular flexibility index (Phi) is 35.5. The normalized spacial score (nSPS) is 15.0. The van der Waals surface area contributed by atoms with Crippen molar-refractivity contribution >= 4 is 144 Å². The largest absolute Gasteiger partial charge is 0.506 e. The number of nitro groups is 1. The van der Waals surface area contributed by atoms with Crippen LogP contribution in [0.2, 0.25) is 0 Å². The first-order valence-electron chi connectivity index (χ1n) is 43.4. The van der Waals surface area contributed by atoms with Crippen molar-refractivity contribution in [1.29, 1.82) is 0 Å². The number of methoxy groups -OCH3 is 4. The number of nitrogens with two attached hydrogens (primary N) is 1. The fourth-order valence-electron chi connectivity index (χ4n) is 14.9. The Labute approximate surface area is 810 Å². The number of para-hydroxylation sites is 2. The first kappa shape index (κ1) is 102. The Balaban J connectivity index is 0.000000154. The minimum atomic E-state index is -3.69. The van der Waals surface area contributed by atoms with Crippen molar-refractivity contribution in [2.75, 3.05) is 108 Å². The summed E-state index contributed by atoms with van der Waals surface area (Å²) in [5, 5.41) is 45.4. The molecule has 12 aromatic rings. The van der Waals surface area contributed by atoms with E-state index in [2.05, 4.69) is 62.5 Å². The molecule has 11 heterocycles.